The Morgan fingerprint density at radius 2 is 0.968 bits per heavy atom. The molecule has 15 heteroatoms. The number of hydrogen-bond donors (Lipinski definition) is 4. The van der Waals surface area contributed by atoms with Gasteiger partial charge in [0.1, 0.15) is 19.0 Å². The molecule has 0 aliphatic carbocycles. The van der Waals surface area contributed by atoms with Crippen LogP contribution in [-0.4, -0.2) is 57.2 Å². The molecule has 0 aliphatic heterocycles. The summed E-state index contributed by atoms with van der Waals surface area (Å²) >= 11 is 0. The first-order valence-electron chi connectivity index (χ1n) is 19.7. The lowest BCUT2D eigenvalue weighted by atomic mass is 9.85. The number of phenols is 2. The highest BCUT2D eigenvalue weighted by molar-refractivity contribution is 5.92. The van der Waals surface area contributed by atoms with Crippen LogP contribution in [0.15, 0.2) is 121 Å². The van der Waals surface area contributed by atoms with E-state index in [9.17, 15) is 15.0 Å². The number of ketones is 1. The van der Waals surface area contributed by atoms with Crippen LogP contribution in [0.1, 0.15) is 70.2 Å². The number of benzene rings is 6. The van der Waals surface area contributed by atoms with E-state index in [-0.39, 0.29) is 35.8 Å². The van der Waals surface area contributed by atoms with Crippen LogP contribution in [0, 0.1) is 11.6 Å². The number of tetrazole rings is 2. The molecule has 0 amide bonds. The van der Waals surface area contributed by atoms with Gasteiger partial charge in [0, 0.05) is 34.1 Å². The van der Waals surface area contributed by atoms with Gasteiger partial charge in [-0.15, -0.1) is 20.4 Å². The summed E-state index contributed by atoms with van der Waals surface area (Å²) in [5, 5.41) is 50.0. The number of rotatable bonds is 16. The highest BCUT2D eigenvalue weighted by Crippen LogP contribution is 2.40. The first-order valence-corrected chi connectivity index (χ1v) is 19.7. The third-order valence-corrected chi connectivity index (χ3v) is 10.7. The first-order chi connectivity index (χ1) is 30.1. The van der Waals surface area contributed by atoms with E-state index in [2.05, 4.69) is 41.2 Å². The van der Waals surface area contributed by atoms with Crippen LogP contribution >= 0.6 is 0 Å². The highest BCUT2D eigenvalue weighted by atomic mass is 19.1. The van der Waals surface area contributed by atoms with Crippen molar-refractivity contribution in [3.63, 3.8) is 0 Å². The lowest BCUT2D eigenvalue weighted by Gasteiger charge is -2.20. The van der Waals surface area contributed by atoms with Gasteiger partial charge >= 0.3 is 0 Å². The SMILES string of the molecule is CC(C(=O)C(C)c1ccc(OCc2ccc(Cc3cccc(-c4nn[nH]n4)c3)cc2)c(F)c1O)c1ccc(OCc2ccc(Cc3cccc(-c4nn[nH]n4)c3)cc2)c(F)c1O. The minimum absolute atomic E-state index is 0.0303. The minimum atomic E-state index is -1.01. The predicted octanol–water partition coefficient (Wildman–Crippen LogP) is 8.55. The van der Waals surface area contributed by atoms with Gasteiger partial charge in [0.2, 0.25) is 23.3 Å². The highest BCUT2D eigenvalue weighted by Gasteiger charge is 2.30. The molecule has 0 radical (unpaired) electrons. The van der Waals surface area contributed by atoms with E-state index < -0.39 is 40.8 Å². The standard InChI is InChI=1S/C47H40F2N8O5/c1-27(37-17-19-39(41(48)44(37)59)61-25-31-13-9-29(10-14-31)21-33-5-3-7-35(23-33)46-50-54-55-51-46)43(58)28(2)38-18-20-40(42(49)45(38)60)62-26-32-15-11-30(12-16-32)22-34-6-4-8-36(24-34)47-52-56-57-53-47/h3-20,23-24,27-28,59-60H,21-22,25-26H2,1-2H3,(H,50,51,54,55)(H,52,53,56,57). The molecule has 2 atom stereocenters. The zero-order chi connectivity index (χ0) is 43.2. The number of aromatic hydroxyl groups is 2. The maximum atomic E-state index is 15.5. The van der Waals surface area contributed by atoms with Crippen molar-refractivity contribution in [2.24, 2.45) is 0 Å². The Morgan fingerprint density at radius 1 is 0.565 bits per heavy atom. The quantitative estimate of drug-likeness (QED) is 0.0731. The van der Waals surface area contributed by atoms with Gasteiger partial charge in [0.05, 0.1) is 0 Å². The number of phenolic OH excluding ortho intramolecular Hbond substituents is 2. The summed E-state index contributed by atoms with van der Waals surface area (Å²) in [5.74, 6) is -5.30. The topological polar surface area (TPSA) is 185 Å². The van der Waals surface area contributed by atoms with Gasteiger partial charge in [-0.25, -0.2) is 0 Å². The number of nitrogens with one attached hydrogen (secondary N) is 2. The maximum Gasteiger partial charge on any atom is 0.206 e. The molecule has 4 N–H and O–H groups in total. The Morgan fingerprint density at radius 3 is 1.35 bits per heavy atom. The summed E-state index contributed by atoms with van der Waals surface area (Å²) < 4.78 is 42.4. The maximum absolute atomic E-state index is 15.5. The van der Waals surface area contributed by atoms with E-state index >= 15 is 8.78 Å². The molecule has 0 spiro atoms. The second kappa shape index (κ2) is 18.2. The van der Waals surface area contributed by atoms with Crippen molar-refractivity contribution in [2.45, 2.75) is 51.7 Å². The van der Waals surface area contributed by atoms with Crippen LogP contribution in [0.3, 0.4) is 0 Å². The molecule has 312 valence electrons. The van der Waals surface area contributed by atoms with E-state index in [0.29, 0.717) is 24.5 Å². The number of carbonyl (C=O) groups excluding carboxylic acids is 1. The Balaban J connectivity index is 0.848. The van der Waals surface area contributed by atoms with E-state index in [1.54, 1.807) is 0 Å². The number of Topliss-reactive ketones (excluding diaryl/α,β-unsaturated/α-hetero) is 1. The van der Waals surface area contributed by atoms with Crippen molar-refractivity contribution in [1.82, 2.24) is 41.2 Å². The number of halogens is 2. The average Bonchev–Trinajstić information content (AvgIpc) is 4.05. The van der Waals surface area contributed by atoms with Gasteiger partial charge in [-0.3, -0.25) is 4.79 Å². The summed E-state index contributed by atoms with van der Waals surface area (Å²) in [6, 6.07) is 36.6. The third-order valence-electron chi connectivity index (χ3n) is 10.7. The Hall–Kier alpha value is -7.81. The van der Waals surface area contributed by atoms with Crippen LogP contribution in [-0.2, 0) is 30.8 Å². The first kappa shape index (κ1) is 40.9. The van der Waals surface area contributed by atoms with Crippen molar-refractivity contribution in [1.29, 1.82) is 0 Å². The lowest BCUT2D eigenvalue weighted by molar-refractivity contribution is -0.121. The number of aromatic nitrogens is 8. The van der Waals surface area contributed by atoms with Crippen molar-refractivity contribution in [2.75, 3.05) is 0 Å². The molecular weight excluding hydrogens is 795 g/mol. The molecule has 0 fully saturated rings. The summed E-state index contributed by atoms with van der Waals surface area (Å²) in [5.41, 5.74) is 7.56. The van der Waals surface area contributed by atoms with Crippen molar-refractivity contribution < 1.29 is 33.3 Å². The number of hydrogen-bond acceptors (Lipinski definition) is 11. The normalized spacial score (nSPS) is 12.2. The number of ether oxygens (including phenoxy) is 2. The van der Waals surface area contributed by atoms with Gasteiger partial charge in [0.25, 0.3) is 0 Å². The van der Waals surface area contributed by atoms with E-state index in [1.165, 1.54) is 38.1 Å². The fraction of sp³-hybridized carbons (Fsp3) is 0.170. The Kier molecular flexibility index (Phi) is 12.0. The number of H-pyrrole nitrogens is 2. The minimum Gasteiger partial charge on any atom is -0.505 e. The molecule has 2 aromatic heterocycles. The zero-order valence-corrected chi connectivity index (χ0v) is 33.6. The largest absolute Gasteiger partial charge is 0.505 e. The number of carbonyl (C=O) groups is 1. The molecule has 0 saturated carbocycles. The summed E-state index contributed by atoms with van der Waals surface area (Å²) in [6.45, 7) is 3.10. The Labute approximate surface area is 354 Å². The second-order valence-corrected chi connectivity index (χ2v) is 14.9. The van der Waals surface area contributed by atoms with Gasteiger partial charge < -0.3 is 19.7 Å². The average molecular weight is 835 g/mol. The van der Waals surface area contributed by atoms with Crippen LogP contribution in [0.25, 0.3) is 22.8 Å². The van der Waals surface area contributed by atoms with Crippen LogP contribution < -0.4 is 9.47 Å². The van der Waals surface area contributed by atoms with Crippen LogP contribution in [0.5, 0.6) is 23.0 Å². The molecule has 2 heterocycles. The third kappa shape index (κ3) is 9.16. The monoisotopic (exact) mass is 834 g/mol. The molecule has 0 saturated heterocycles. The molecule has 2 unspecified atom stereocenters. The molecule has 6 aromatic carbocycles. The van der Waals surface area contributed by atoms with Gasteiger partial charge in [-0.05, 0) is 80.9 Å². The molecule has 62 heavy (non-hydrogen) atoms. The van der Waals surface area contributed by atoms with Crippen molar-refractivity contribution in [3.05, 3.63) is 177 Å². The summed E-state index contributed by atoms with van der Waals surface area (Å²) in [4.78, 5) is 13.6. The van der Waals surface area contributed by atoms with E-state index in [1.807, 2.05) is 97.1 Å². The fourth-order valence-corrected chi connectivity index (χ4v) is 7.23. The van der Waals surface area contributed by atoms with Crippen molar-refractivity contribution >= 4 is 5.78 Å². The molecule has 0 bridgehead atoms. The smallest absolute Gasteiger partial charge is 0.206 e. The van der Waals surface area contributed by atoms with Crippen molar-refractivity contribution in [3.8, 4) is 45.8 Å². The van der Waals surface area contributed by atoms with Gasteiger partial charge in [-0.2, -0.15) is 19.2 Å². The van der Waals surface area contributed by atoms with Gasteiger partial charge in [-0.1, -0.05) is 111 Å². The van der Waals surface area contributed by atoms with E-state index in [4.69, 9.17) is 9.47 Å². The molecular formula is C47H40F2N8O5. The molecule has 0 aliphatic rings. The number of nitrogens with zero attached hydrogens (tertiary/aromatic N) is 6. The molecule has 8 aromatic rings. The number of aromatic amines is 2. The van der Waals surface area contributed by atoms with Crippen LogP contribution in [0.4, 0.5) is 8.78 Å². The summed E-state index contributed by atoms with van der Waals surface area (Å²) in [6.07, 6.45) is 1.33. The molecule has 8 rings (SSSR count). The Bertz CT molecular complexity index is 2610. The zero-order valence-electron chi connectivity index (χ0n) is 33.6. The fourth-order valence-electron chi connectivity index (χ4n) is 7.23. The predicted molar refractivity (Wildman–Crippen MR) is 224 cm³/mol. The summed E-state index contributed by atoms with van der Waals surface area (Å²) in [7, 11) is 0. The van der Waals surface area contributed by atoms with Gasteiger partial charge in [0.15, 0.2) is 23.0 Å². The lowest BCUT2D eigenvalue weighted by Crippen LogP contribution is -2.17. The second-order valence-electron chi connectivity index (χ2n) is 14.9. The van der Waals surface area contributed by atoms with E-state index in [0.717, 1.165) is 44.5 Å². The van der Waals surface area contributed by atoms with Crippen LogP contribution in [0.2, 0.25) is 0 Å². The molecule has 13 nitrogen and oxygen atoms in total.